The van der Waals surface area contributed by atoms with Gasteiger partial charge in [0.2, 0.25) is 5.78 Å². The largest absolute Gasteiger partial charge is 0.507 e. The van der Waals surface area contributed by atoms with Crippen molar-refractivity contribution in [3.63, 3.8) is 0 Å². The van der Waals surface area contributed by atoms with E-state index in [1.165, 1.54) is 18.3 Å². The maximum atomic E-state index is 12.8. The van der Waals surface area contributed by atoms with Gasteiger partial charge in [-0.3, -0.25) is 14.6 Å². The summed E-state index contributed by atoms with van der Waals surface area (Å²) in [5.41, 5.74) is 2.61. The molecule has 5 nitrogen and oxygen atoms in total. The lowest BCUT2D eigenvalue weighted by Crippen LogP contribution is -2.14. The standard InChI is InChI=1S/C19H20N2O3S/c1-10(2)14-6-4-12(9-20-14)17(23)13-5-7-15-19(18(13)24)25-16(21-15)8-11(3)22/h4,6,9-10,23H,5,7-8H2,1-3H3/b17-13-. The van der Waals surface area contributed by atoms with Gasteiger partial charge in [0.15, 0.2) is 0 Å². The molecule has 0 aromatic carbocycles. The number of allylic oxidation sites excluding steroid dienone is 1. The molecule has 0 radical (unpaired) electrons. The van der Waals surface area contributed by atoms with Crippen LogP contribution in [0.5, 0.6) is 0 Å². The molecule has 2 aromatic heterocycles. The number of carbonyl (C=O) groups is 2. The summed E-state index contributed by atoms with van der Waals surface area (Å²) in [5.74, 6) is 0.118. The number of fused-ring (bicyclic) bond motifs is 1. The van der Waals surface area contributed by atoms with Crippen LogP contribution in [0.4, 0.5) is 0 Å². The van der Waals surface area contributed by atoms with Crippen LogP contribution in [-0.2, 0) is 17.6 Å². The summed E-state index contributed by atoms with van der Waals surface area (Å²) in [7, 11) is 0. The lowest BCUT2D eigenvalue weighted by molar-refractivity contribution is -0.116. The fourth-order valence-electron chi connectivity index (χ4n) is 2.82. The second-order valence-corrected chi connectivity index (χ2v) is 7.63. The second-order valence-electron chi connectivity index (χ2n) is 6.54. The number of nitrogens with zero attached hydrogens (tertiary/aromatic N) is 2. The highest BCUT2D eigenvalue weighted by atomic mass is 32.1. The van der Waals surface area contributed by atoms with Crippen molar-refractivity contribution in [1.29, 1.82) is 0 Å². The molecule has 2 heterocycles. The van der Waals surface area contributed by atoms with Crippen LogP contribution in [0, 0.1) is 0 Å². The number of hydrogen-bond acceptors (Lipinski definition) is 6. The second kappa shape index (κ2) is 6.88. The molecular weight excluding hydrogens is 336 g/mol. The third-order valence-electron chi connectivity index (χ3n) is 4.17. The Morgan fingerprint density at radius 3 is 2.68 bits per heavy atom. The number of aryl methyl sites for hydroxylation is 1. The first-order chi connectivity index (χ1) is 11.9. The molecular formula is C19H20N2O3S. The zero-order valence-electron chi connectivity index (χ0n) is 14.5. The zero-order valence-corrected chi connectivity index (χ0v) is 15.3. The van der Waals surface area contributed by atoms with Gasteiger partial charge in [0.25, 0.3) is 0 Å². The minimum absolute atomic E-state index is 0.0139. The van der Waals surface area contributed by atoms with Crippen LogP contribution in [-0.4, -0.2) is 26.6 Å². The van der Waals surface area contributed by atoms with Crippen molar-refractivity contribution in [1.82, 2.24) is 9.97 Å². The Labute approximate surface area is 150 Å². The molecule has 0 saturated heterocycles. The summed E-state index contributed by atoms with van der Waals surface area (Å²) < 4.78 is 0. The van der Waals surface area contributed by atoms with E-state index in [0.717, 1.165) is 11.4 Å². The summed E-state index contributed by atoms with van der Waals surface area (Å²) in [4.78, 5) is 33.3. The van der Waals surface area contributed by atoms with E-state index in [0.29, 0.717) is 39.8 Å². The van der Waals surface area contributed by atoms with Crippen LogP contribution in [0.15, 0.2) is 23.9 Å². The molecule has 0 aliphatic heterocycles. The van der Waals surface area contributed by atoms with Gasteiger partial charge in [0, 0.05) is 23.0 Å². The average Bonchev–Trinajstić information content (AvgIpc) is 2.97. The lowest BCUT2D eigenvalue weighted by Gasteiger charge is -2.15. The van der Waals surface area contributed by atoms with Gasteiger partial charge >= 0.3 is 0 Å². The number of Topliss-reactive ketones (excluding diaryl/α,β-unsaturated/α-hetero) is 2. The highest BCUT2D eigenvalue weighted by molar-refractivity contribution is 7.14. The van der Waals surface area contributed by atoms with E-state index in [1.54, 1.807) is 12.3 Å². The monoisotopic (exact) mass is 356 g/mol. The maximum absolute atomic E-state index is 12.8. The van der Waals surface area contributed by atoms with Gasteiger partial charge < -0.3 is 5.11 Å². The Morgan fingerprint density at radius 1 is 1.32 bits per heavy atom. The van der Waals surface area contributed by atoms with Gasteiger partial charge in [-0.15, -0.1) is 11.3 Å². The number of aliphatic hydroxyl groups excluding tert-OH is 1. The zero-order chi connectivity index (χ0) is 18.1. The molecule has 0 saturated carbocycles. The first-order valence-electron chi connectivity index (χ1n) is 8.28. The van der Waals surface area contributed by atoms with Crippen LogP contribution in [0.25, 0.3) is 5.76 Å². The third kappa shape index (κ3) is 3.54. The van der Waals surface area contributed by atoms with Crippen molar-refractivity contribution in [3.8, 4) is 0 Å². The molecule has 2 aromatic rings. The molecule has 0 spiro atoms. The van der Waals surface area contributed by atoms with Crippen LogP contribution in [0.1, 0.15) is 64.7 Å². The van der Waals surface area contributed by atoms with Gasteiger partial charge in [0.1, 0.15) is 16.6 Å². The summed E-state index contributed by atoms with van der Waals surface area (Å²) in [6, 6.07) is 3.66. The number of aliphatic hydroxyl groups is 1. The molecule has 0 fully saturated rings. The Kier molecular flexibility index (Phi) is 4.81. The van der Waals surface area contributed by atoms with E-state index in [2.05, 4.69) is 23.8 Å². The number of carbonyl (C=O) groups excluding carboxylic acids is 2. The molecule has 0 amide bonds. The van der Waals surface area contributed by atoms with Crippen molar-refractivity contribution in [2.24, 2.45) is 0 Å². The first-order valence-corrected chi connectivity index (χ1v) is 9.09. The molecule has 1 aliphatic rings. The summed E-state index contributed by atoms with van der Waals surface area (Å²) in [6.45, 7) is 5.61. The van der Waals surface area contributed by atoms with Crippen molar-refractivity contribution < 1.29 is 14.7 Å². The molecule has 0 bridgehead atoms. The Balaban J connectivity index is 1.92. The van der Waals surface area contributed by atoms with E-state index in [9.17, 15) is 14.7 Å². The normalized spacial score (nSPS) is 16.1. The smallest absolute Gasteiger partial charge is 0.204 e. The fourth-order valence-corrected chi connectivity index (χ4v) is 3.97. The van der Waals surface area contributed by atoms with E-state index < -0.39 is 0 Å². The van der Waals surface area contributed by atoms with Crippen LogP contribution in [0.3, 0.4) is 0 Å². The van der Waals surface area contributed by atoms with Crippen molar-refractivity contribution in [2.45, 2.75) is 46.0 Å². The molecule has 25 heavy (non-hydrogen) atoms. The topological polar surface area (TPSA) is 80.2 Å². The van der Waals surface area contributed by atoms with E-state index >= 15 is 0 Å². The Morgan fingerprint density at radius 2 is 2.08 bits per heavy atom. The van der Waals surface area contributed by atoms with Crippen molar-refractivity contribution >= 4 is 28.7 Å². The Hall–Kier alpha value is -2.34. The lowest BCUT2D eigenvalue weighted by atomic mass is 9.93. The van der Waals surface area contributed by atoms with Crippen LogP contribution in [0.2, 0.25) is 0 Å². The predicted molar refractivity (Wildman–Crippen MR) is 97.0 cm³/mol. The highest BCUT2D eigenvalue weighted by Crippen LogP contribution is 2.33. The predicted octanol–water partition coefficient (Wildman–Crippen LogP) is 3.89. The number of thiazole rings is 1. The highest BCUT2D eigenvalue weighted by Gasteiger charge is 2.29. The van der Waals surface area contributed by atoms with Crippen LogP contribution >= 0.6 is 11.3 Å². The Bertz CT molecular complexity index is 863. The number of rotatable bonds is 4. The average molecular weight is 356 g/mol. The van der Waals surface area contributed by atoms with Crippen molar-refractivity contribution in [3.05, 3.63) is 50.7 Å². The van der Waals surface area contributed by atoms with Gasteiger partial charge in [-0.25, -0.2) is 4.98 Å². The third-order valence-corrected chi connectivity index (χ3v) is 5.27. The molecule has 1 aliphatic carbocycles. The van der Waals surface area contributed by atoms with Gasteiger partial charge in [-0.1, -0.05) is 13.8 Å². The summed E-state index contributed by atoms with van der Waals surface area (Å²) in [5, 5.41) is 11.2. The molecule has 0 unspecified atom stereocenters. The van der Waals surface area contributed by atoms with Gasteiger partial charge in [-0.2, -0.15) is 0 Å². The molecule has 6 heteroatoms. The van der Waals surface area contributed by atoms with Gasteiger partial charge in [-0.05, 0) is 37.8 Å². The molecule has 1 N–H and O–H groups in total. The molecule has 130 valence electrons. The summed E-state index contributed by atoms with van der Waals surface area (Å²) >= 11 is 1.25. The number of hydrogen-bond donors (Lipinski definition) is 1. The maximum Gasteiger partial charge on any atom is 0.204 e. The van der Waals surface area contributed by atoms with Crippen LogP contribution < -0.4 is 0 Å². The first kappa shape index (κ1) is 17.5. The number of aromatic nitrogens is 2. The van der Waals surface area contributed by atoms with E-state index in [1.807, 2.05) is 6.07 Å². The SMILES string of the molecule is CC(=O)Cc1nc2c(s1)C(=O)/C(=C(\O)c1ccc(C(C)C)nc1)CC2. The molecule has 3 rings (SSSR count). The van der Waals surface area contributed by atoms with Gasteiger partial charge in [0.05, 0.1) is 17.0 Å². The minimum Gasteiger partial charge on any atom is -0.507 e. The molecule has 0 atom stereocenters. The number of ketones is 2. The minimum atomic E-state index is -0.195. The van der Waals surface area contributed by atoms with E-state index in [-0.39, 0.29) is 23.7 Å². The quantitative estimate of drug-likeness (QED) is 0.664. The van der Waals surface area contributed by atoms with E-state index in [4.69, 9.17) is 0 Å². The van der Waals surface area contributed by atoms with Crippen molar-refractivity contribution in [2.75, 3.05) is 0 Å². The summed E-state index contributed by atoms with van der Waals surface area (Å²) in [6.07, 6.45) is 2.88. The fraction of sp³-hybridized carbons (Fsp3) is 0.368. The number of pyridine rings is 1.